The van der Waals surface area contributed by atoms with Gasteiger partial charge >= 0.3 is 5.97 Å². The lowest BCUT2D eigenvalue weighted by Crippen LogP contribution is -2.39. The van der Waals surface area contributed by atoms with Gasteiger partial charge in [0, 0.05) is 42.1 Å². The summed E-state index contributed by atoms with van der Waals surface area (Å²) in [7, 11) is 0. The Balaban J connectivity index is 2.07. The molecule has 3 rings (SSSR count). The van der Waals surface area contributed by atoms with Gasteiger partial charge in [0.25, 0.3) is 0 Å². The van der Waals surface area contributed by atoms with Gasteiger partial charge in [-0.25, -0.2) is 4.79 Å². The Morgan fingerprint density at radius 1 is 1.05 bits per heavy atom. The Labute approximate surface area is 236 Å². The molecule has 0 bridgehead atoms. The minimum Gasteiger partial charge on any atom is -0.479 e. The summed E-state index contributed by atoms with van der Waals surface area (Å²) >= 11 is 0. The fourth-order valence-corrected chi connectivity index (χ4v) is 5.24. The molecule has 39 heavy (non-hydrogen) atoms. The Hall–Kier alpha value is -2.44. The maximum atomic E-state index is 12.7. The van der Waals surface area contributed by atoms with Gasteiger partial charge in [0.2, 0.25) is 0 Å². The van der Waals surface area contributed by atoms with E-state index in [1.54, 1.807) is 0 Å². The van der Waals surface area contributed by atoms with Crippen LogP contribution in [-0.4, -0.2) is 41.3 Å². The molecular weight excluding hydrogens is 486 g/mol. The van der Waals surface area contributed by atoms with Gasteiger partial charge in [-0.3, -0.25) is 4.98 Å². The number of nitrogens with one attached hydrogen (secondary N) is 1. The molecule has 0 saturated carbocycles. The first kappa shape index (κ1) is 31.1. The summed E-state index contributed by atoms with van der Waals surface area (Å²) in [5.41, 5.74) is 6.51. The van der Waals surface area contributed by atoms with E-state index in [4.69, 9.17) is 9.72 Å². The van der Waals surface area contributed by atoms with Crippen molar-refractivity contribution < 1.29 is 14.6 Å². The zero-order chi connectivity index (χ0) is 29.2. The SMILES string of the molecule is Cc1nc(C)c([C@H](OC(C)(C)C)C(=O)O)c(N2CCC(C)(C)CC2)c1-c1ccc(CNCCC(C)(C)C)cc1. The number of anilines is 1. The maximum Gasteiger partial charge on any atom is 0.337 e. The van der Waals surface area contributed by atoms with Crippen molar-refractivity contribution in [1.82, 2.24) is 10.3 Å². The lowest BCUT2D eigenvalue weighted by atomic mass is 9.81. The van der Waals surface area contributed by atoms with E-state index >= 15 is 0 Å². The first-order chi connectivity index (χ1) is 18.0. The monoisotopic (exact) mass is 537 g/mol. The van der Waals surface area contributed by atoms with Gasteiger partial charge in [-0.15, -0.1) is 0 Å². The third kappa shape index (κ3) is 8.52. The Morgan fingerprint density at radius 3 is 2.15 bits per heavy atom. The van der Waals surface area contributed by atoms with E-state index in [9.17, 15) is 9.90 Å². The van der Waals surface area contributed by atoms with E-state index in [0.29, 0.717) is 16.7 Å². The largest absolute Gasteiger partial charge is 0.479 e. The number of carboxylic acids is 1. The molecule has 1 aliphatic rings. The molecule has 6 heteroatoms. The number of piperidine rings is 1. The van der Waals surface area contributed by atoms with Crippen LogP contribution < -0.4 is 10.2 Å². The highest BCUT2D eigenvalue weighted by Gasteiger charge is 2.36. The smallest absolute Gasteiger partial charge is 0.337 e. The molecule has 2 N–H and O–H groups in total. The second-order valence-corrected chi connectivity index (χ2v) is 14.2. The highest BCUT2D eigenvalue weighted by Crippen LogP contribution is 2.44. The zero-order valence-electron chi connectivity index (χ0n) is 26.0. The van der Waals surface area contributed by atoms with Crippen molar-refractivity contribution in [2.24, 2.45) is 10.8 Å². The van der Waals surface area contributed by atoms with Crippen molar-refractivity contribution in [3.63, 3.8) is 0 Å². The van der Waals surface area contributed by atoms with Gasteiger partial charge in [-0.2, -0.15) is 0 Å². The molecule has 1 saturated heterocycles. The number of ether oxygens (including phenoxy) is 1. The lowest BCUT2D eigenvalue weighted by Gasteiger charge is -2.41. The summed E-state index contributed by atoms with van der Waals surface area (Å²) in [4.78, 5) is 19.9. The van der Waals surface area contributed by atoms with Crippen LogP contribution in [0, 0.1) is 24.7 Å². The predicted molar refractivity (Wildman–Crippen MR) is 161 cm³/mol. The summed E-state index contributed by atoms with van der Waals surface area (Å²) in [5.74, 6) is -0.986. The van der Waals surface area contributed by atoms with Crippen molar-refractivity contribution in [2.45, 2.75) is 107 Å². The molecule has 0 aliphatic carbocycles. The summed E-state index contributed by atoms with van der Waals surface area (Å²) in [5, 5.41) is 13.9. The van der Waals surface area contributed by atoms with E-state index in [1.807, 2.05) is 34.6 Å². The van der Waals surface area contributed by atoms with Crippen LogP contribution in [0.1, 0.15) is 103 Å². The standard InChI is InChI=1S/C33H51N3O3/c1-22-26(25-13-11-24(12-14-25)21-34-18-15-31(3,4)5)28(36-19-16-33(9,10)17-20-36)27(23(2)35-22)29(30(37)38)39-32(6,7)8/h11-14,29,34H,15-21H2,1-10H3,(H,37,38)/t29-/m0/s1. The first-order valence-electron chi connectivity index (χ1n) is 14.4. The normalized spacial score (nSPS) is 16.8. The van der Waals surface area contributed by atoms with Gasteiger partial charge in [-0.1, -0.05) is 58.9 Å². The van der Waals surface area contributed by atoms with Crippen molar-refractivity contribution in [3.05, 3.63) is 46.8 Å². The molecule has 1 aromatic heterocycles. The van der Waals surface area contributed by atoms with Gasteiger partial charge < -0.3 is 20.1 Å². The highest BCUT2D eigenvalue weighted by atomic mass is 16.5. The van der Waals surface area contributed by atoms with E-state index in [2.05, 4.69) is 69.1 Å². The number of hydrogen-bond acceptors (Lipinski definition) is 5. The van der Waals surface area contributed by atoms with Crippen LogP contribution in [0.25, 0.3) is 11.1 Å². The summed E-state index contributed by atoms with van der Waals surface area (Å²) in [6.07, 6.45) is 2.11. The van der Waals surface area contributed by atoms with Gasteiger partial charge in [0.15, 0.2) is 6.10 Å². The number of carboxylic acid groups (broad SMARTS) is 1. The third-order valence-corrected chi connectivity index (χ3v) is 7.59. The number of aryl methyl sites for hydroxylation is 2. The van der Waals surface area contributed by atoms with Crippen LogP contribution in [0.3, 0.4) is 0 Å². The Kier molecular flexibility index (Phi) is 9.55. The summed E-state index contributed by atoms with van der Waals surface area (Å²) in [6.45, 7) is 24.6. The third-order valence-electron chi connectivity index (χ3n) is 7.59. The minimum atomic E-state index is -1.10. The average Bonchev–Trinajstić information content (AvgIpc) is 2.80. The molecule has 0 spiro atoms. The van der Waals surface area contributed by atoms with Crippen molar-refractivity contribution in [2.75, 3.05) is 24.5 Å². The number of aliphatic carboxylic acids is 1. The van der Waals surface area contributed by atoms with E-state index in [1.165, 1.54) is 5.56 Å². The highest BCUT2D eigenvalue weighted by molar-refractivity contribution is 5.88. The molecule has 6 nitrogen and oxygen atoms in total. The number of nitrogens with zero attached hydrogens (tertiary/aromatic N) is 2. The number of pyridine rings is 1. The van der Waals surface area contributed by atoms with Crippen LogP contribution in [0.2, 0.25) is 0 Å². The maximum absolute atomic E-state index is 12.7. The molecule has 0 radical (unpaired) electrons. The molecule has 1 atom stereocenters. The van der Waals surface area contributed by atoms with E-state index in [-0.39, 0.29) is 5.41 Å². The average molecular weight is 538 g/mol. The van der Waals surface area contributed by atoms with Crippen molar-refractivity contribution in [1.29, 1.82) is 0 Å². The van der Waals surface area contributed by atoms with E-state index < -0.39 is 17.7 Å². The molecule has 1 aliphatic heterocycles. The molecule has 0 unspecified atom stereocenters. The van der Waals surface area contributed by atoms with Crippen molar-refractivity contribution in [3.8, 4) is 11.1 Å². The number of rotatable bonds is 9. The molecule has 2 heterocycles. The van der Waals surface area contributed by atoms with E-state index in [0.717, 1.165) is 67.9 Å². The first-order valence-corrected chi connectivity index (χ1v) is 14.4. The minimum absolute atomic E-state index is 0.268. The Morgan fingerprint density at radius 2 is 1.64 bits per heavy atom. The second-order valence-electron chi connectivity index (χ2n) is 14.2. The number of benzene rings is 1. The number of aromatic nitrogens is 1. The van der Waals surface area contributed by atoms with Crippen LogP contribution >= 0.6 is 0 Å². The Bertz CT molecular complexity index is 1130. The van der Waals surface area contributed by atoms with Crippen LogP contribution in [0.4, 0.5) is 5.69 Å². The van der Waals surface area contributed by atoms with Gasteiger partial charge in [-0.05, 0) is 82.4 Å². The molecule has 0 amide bonds. The molecule has 216 valence electrons. The van der Waals surface area contributed by atoms with Crippen LogP contribution in [-0.2, 0) is 16.1 Å². The lowest BCUT2D eigenvalue weighted by molar-refractivity contribution is -0.160. The summed E-state index contributed by atoms with van der Waals surface area (Å²) in [6, 6.07) is 8.65. The van der Waals surface area contributed by atoms with Gasteiger partial charge in [0.1, 0.15) is 0 Å². The fraction of sp³-hybridized carbons (Fsp3) is 0.636. The number of hydrogen-bond donors (Lipinski definition) is 2. The summed E-state index contributed by atoms with van der Waals surface area (Å²) < 4.78 is 6.19. The second kappa shape index (κ2) is 12.0. The molecule has 1 aromatic carbocycles. The van der Waals surface area contributed by atoms with Crippen molar-refractivity contribution >= 4 is 11.7 Å². The molecule has 2 aromatic rings. The van der Waals surface area contributed by atoms with Crippen LogP contribution in [0.5, 0.6) is 0 Å². The topological polar surface area (TPSA) is 74.7 Å². The van der Waals surface area contributed by atoms with Gasteiger partial charge in [0.05, 0.1) is 11.3 Å². The molecule has 1 fully saturated rings. The number of carbonyl (C=O) groups is 1. The quantitative estimate of drug-likeness (QED) is 0.323. The molecular formula is C33H51N3O3. The fourth-order valence-electron chi connectivity index (χ4n) is 5.24. The zero-order valence-corrected chi connectivity index (χ0v) is 26.0. The van der Waals surface area contributed by atoms with Crippen LogP contribution in [0.15, 0.2) is 24.3 Å². The predicted octanol–water partition coefficient (Wildman–Crippen LogP) is 7.46.